The summed E-state index contributed by atoms with van der Waals surface area (Å²) in [7, 11) is 0. The normalized spacial score (nSPS) is 11.0. The molecule has 31 heavy (non-hydrogen) atoms. The summed E-state index contributed by atoms with van der Waals surface area (Å²) in [4.78, 5) is 24.1. The highest BCUT2D eigenvalue weighted by molar-refractivity contribution is 6.33. The van der Waals surface area contributed by atoms with Gasteiger partial charge in [-0.1, -0.05) is 29.8 Å². The first-order chi connectivity index (χ1) is 14.7. The van der Waals surface area contributed by atoms with E-state index in [2.05, 4.69) is 5.32 Å². The van der Waals surface area contributed by atoms with Crippen LogP contribution >= 0.6 is 11.6 Å². The Morgan fingerprint density at radius 3 is 2.19 bits per heavy atom. The zero-order chi connectivity index (χ0) is 22.4. The molecule has 0 aliphatic rings. The second-order valence-electron chi connectivity index (χ2n) is 6.26. The standard InChI is InChI=1S/C22H15ClF3NO4/c23-18-11-8-15(22(24,25)26)12-19(18)27-20(28)13-30-21(29)14-6-9-17(10-7-14)31-16-4-2-1-3-5-16/h1-12H,13H2,(H,27,28). The number of esters is 1. The molecule has 3 aromatic carbocycles. The quantitative estimate of drug-likeness (QED) is 0.472. The fourth-order valence-electron chi connectivity index (χ4n) is 2.48. The first kappa shape index (κ1) is 22.2. The van der Waals surface area contributed by atoms with E-state index in [1.807, 2.05) is 18.2 Å². The number of anilines is 1. The third-order valence-electron chi connectivity index (χ3n) is 3.97. The van der Waals surface area contributed by atoms with Crippen molar-refractivity contribution in [3.05, 3.63) is 88.9 Å². The number of nitrogens with one attached hydrogen (secondary N) is 1. The third kappa shape index (κ3) is 6.23. The van der Waals surface area contributed by atoms with Gasteiger partial charge >= 0.3 is 12.1 Å². The van der Waals surface area contributed by atoms with Gasteiger partial charge in [-0.05, 0) is 54.6 Å². The van der Waals surface area contributed by atoms with E-state index in [1.54, 1.807) is 24.3 Å². The third-order valence-corrected chi connectivity index (χ3v) is 4.30. The maximum Gasteiger partial charge on any atom is 0.416 e. The SMILES string of the molecule is O=C(COC(=O)c1ccc(Oc2ccccc2)cc1)Nc1cc(C(F)(F)F)ccc1Cl. The van der Waals surface area contributed by atoms with Gasteiger partial charge in [-0.15, -0.1) is 0 Å². The van der Waals surface area contributed by atoms with Crippen LogP contribution in [-0.4, -0.2) is 18.5 Å². The minimum atomic E-state index is -4.59. The summed E-state index contributed by atoms with van der Waals surface area (Å²) in [5, 5.41) is 2.12. The highest BCUT2D eigenvalue weighted by Crippen LogP contribution is 2.33. The van der Waals surface area contributed by atoms with Gasteiger partial charge < -0.3 is 14.8 Å². The van der Waals surface area contributed by atoms with E-state index in [9.17, 15) is 22.8 Å². The maximum atomic E-state index is 12.8. The molecule has 0 spiro atoms. The summed E-state index contributed by atoms with van der Waals surface area (Å²) in [5.41, 5.74) is -1.03. The summed E-state index contributed by atoms with van der Waals surface area (Å²) in [6.45, 7) is -0.701. The van der Waals surface area contributed by atoms with Crippen LogP contribution in [0.25, 0.3) is 0 Å². The first-order valence-corrected chi connectivity index (χ1v) is 9.27. The Morgan fingerprint density at radius 1 is 0.903 bits per heavy atom. The molecule has 3 aromatic rings. The maximum absolute atomic E-state index is 12.8. The number of hydrogen-bond acceptors (Lipinski definition) is 4. The predicted octanol–water partition coefficient (Wildman–Crippen LogP) is 5.95. The van der Waals surface area contributed by atoms with E-state index in [0.717, 1.165) is 12.1 Å². The molecule has 0 aliphatic heterocycles. The van der Waals surface area contributed by atoms with E-state index in [-0.39, 0.29) is 16.3 Å². The lowest BCUT2D eigenvalue weighted by atomic mass is 10.2. The Balaban J connectivity index is 1.55. The van der Waals surface area contributed by atoms with Crippen molar-refractivity contribution in [3.63, 3.8) is 0 Å². The molecule has 9 heteroatoms. The molecule has 0 saturated heterocycles. The summed E-state index contributed by atoms with van der Waals surface area (Å²) >= 11 is 5.82. The van der Waals surface area contributed by atoms with Gasteiger partial charge in [0.2, 0.25) is 0 Å². The molecular formula is C22H15ClF3NO4. The Bertz CT molecular complexity index is 1070. The lowest BCUT2D eigenvalue weighted by molar-refractivity contribution is -0.137. The van der Waals surface area contributed by atoms with Crippen LogP contribution in [0.2, 0.25) is 5.02 Å². The van der Waals surface area contributed by atoms with Crippen molar-refractivity contribution in [2.24, 2.45) is 0 Å². The summed E-state index contributed by atoms with van der Waals surface area (Å²) in [5.74, 6) is -0.488. The predicted molar refractivity (Wildman–Crippen MR) is 108 cm³/mol. The average Bonchev–Trinajstić information content (AvgIpc) is 2.74. The lowest BCUT2D eigenvalue weighted by Crippen LogP contribution is -2.21. The van der Waals surface area contributed by atoms with Gasteiger partial charge in [0.1, 0.15) is 11.5 Å². The molecule has 0 fully saturated rings. The second kappa shape index (κ2) is 9.53. The van der Waals surface area contributed by atoms with Gasteiger partial charge in [-0.3, -0.25) is 4.79 Å². The Hall–Kier alpha value is -3.52. The van der Waals surface area contributed by atoms with Crippen LogP contribution in [0.1, 0.15) is 15.9 Å². The Labute approximate surface area is 180 Å². The van der Waals surface area contributed by atoms with Crippen LogP contribution in [0.3, 0.4) is 0 Å². The molecule has 0 atom stereocenters. The van der Waals surface area contributed by atoms with E-state index in [1.165, 1.54) is 12.1 Å². The molecule has 0 bridgehead atoms. The van der Waals surface area contributed by atoms with Crippen LogP contribution in [-0.2, 0) is 15.7 Å². The minimum absolute atomic E-state index is 0.0818. The summed E-state index contributed by atoms with van der Waals surface area (Å²) < 4.78 is 48.9. The van der Waals surface area contributed by atoms with Crippen molar-refractivity contribution in [1.82, 2.24) is 0 Å². The van der Waals surface area contributed by atoms with Gasteiger partial charge in [0.05, 0.1) is 21.8 Å². The van der Waals surface area contributed by atoms with Crippen LogP contribution in [0.4, 0.5) is 18.9 Å². The number of amides is 1. The van der Waals surface area contributed by atoms with Crippen molar-refractivity contribution < 1.29 is 32.2 Å². The number of carbonyl (C=O) groups is 2. The Kier molecular flexibility index (Phi) is 6.81. The number of carbonyl (C=O) groups excluding carboxylic acids is 2. The van der Waals surface area contributed by atoms with E-state index in [4.69, 9.17) is 21.1 Å². The number of benzene rings is 3. The molecule has 0 aliphatic carbocycles. The fourth-order valence-corrected chi connectivity index (χ4v) is 2.65. The fraction of sp³-hybridized carbons (Fsp3) is 0.0909. The molecular weight excluding hydrogens is 435 g/mol. The number of alkyl halides is 3. The van der Waals surface area contributed by atoms with Crippen LogP contribution in [0, 0.1) is 0 Å². The zero-order valence-corrected chi connectivity index (χ0v) is 16.5. The highest BCUT2D eigenvalue weighted by atomic mass is 35.5. The van der Waals surface area contributed by atoms with Crippen molar-refractivity contribution in [3.8, 4) is 11.5 Å². The molecule has 160 valence electrons. The zero-order valence-electron chi connectivity index (χ0n) is 15.8. The molecule has 0 saturated carbocycles. The molecule has 0 radical (unpaired) electrons. The van der Waals surface area contributed by atoms with Gasteiger partial charge in [-0.25, -0.2) is 4.79 Å². The van der Waals surface area contributed by atoms with Gasteiger partial charge in [0, 0.05) is 0 Å². The molecule has 3 rings (SSSR count). The van der Waals surface area contributed by atoms with E-state index < -0.39 is 30.2 Å². The smallest absolute Gasteiger partial charge is 0.416 e. The molecule has 1 amide bonds. The largest absolute Gasteiger partial charge is 0.457 e. The highest BCUT2D eigenvalue weighted by Gasteiger charge is 2.31. The molecule has 1 N–H and O–H groups in total. The molecule has 5 nitrogen and oxygen atoms in total. The molecule has 0 heterocycles. The van der Waals surface area contributed by atoms with E-state index >= 15 is 0 Å². The number of rotatable bonds is 6. The molecule has 0 unspecified atom stereocenters. The van der Waals surface area contributed by atoms with Crippen molar-refractivity contribution in [1.29, 1.82) is 0 Å². The second-order valence-corrected chi connectivity index (χ2v) is 6.66. The number of hydrogen-bond donors (Lipinski definition) is 1. The lowest BCUT2D eigenvalue weighted by Gasteiger charge is -2.12. The number of para-hydroxylation sites is 1. The van der Waals surface area contributed by atoms with Crippen LogP contribution in [0.15, 0.2) is 72.8 Å². The Morgan fingerprint density at radius 2 is 1.55 bits per heavy atom. The minimum Gasteiger partial charge on any atom is -0.457 e. The average molecular weight is 450 g/mol. The topological polar surface area (TPSA) is 64.6 Å². The summed E-state index contributed by atoms with van der Waals surface area (Å²) in [6.07, 6.45) is -4.59. The van der Waals surface area contributed by atoms with Gasteiger partial charge in [-0.2, -0.15) is 13.2 Å². The van der Waals surface area contributed by atoms with Crippen molar-refractivity contribution in [2.75, 3.05) is 11.9 Å². The van der Waals surface area contributed by atoms with Crippen molar-refractivity contribution in [2.45, 2.75) is 6.18 Å². The van der Waals surface area contributed by atoms with Crippen LogP contribution < -0.4 is 10.1 Å². The van der Waals surface area contributed by atoms with E-state index in [0.29, 0.717) is 17.6 Å². The van der Waals surface area contributed by atoms with Gasteiger partial charge in [0.25, 0.3) is 5.91 Å². The monoisotopic (exact) mass is 449 g/mol. The van der Waals surface area contributed by atoms with Gasteiger partial charge in [0.15, 0.2) is 6.61 Å². The number of halogens is 4. The molecule has 0 aromatic heterocycles. The first-order valence-electron chi connectivity index (χ1n) is 8.89. The van der Waals surface area contributed by atoms with Crippen molar-refractivity contribution >= 4 is 29.2 Å². The van der Waals surface area contributed by atoms with Crippen LogP contribution in [0.5, 0.6) is 11.5 Å². The number of ether oxygens (including phenoxy) is 2. The summed E-state index contributed by atoms with van der Waals surface area (Å²) in [6, 6.07) is 17.6.